The maximum atomic E-state index is 13.2. The lowest BCUT2D eigenvalue weighted by atomic mass is 9.91. The summed E-state index contributed by atoms with van der Waals surface area (Å²) in [7, 11) is 0. The van der Waals surface area contributed by atoms with E-state index in [9.17, 15) is 49.5 Å². The van der Waals surface area contributed by atoms with Gasteiger partial charge in [-0.2, -0.15) is 26.3 Å². The molecule has 0 aromatic heterocycles. The summed E-state index contributed by atoms with van der Waals surface area (Å²) in [5, 5.41) is 6.69. The Hall–Kier alpha value is -4.76. The molecule has 16 heteroatoms. The lowest BCUT2D eigenvalue weighted by Crippen LogP contribution is -2.46. The van der Waals surface area contributed by atoms with E-state index in [1.54, 1.807) is 0 Å². The third kappa shape index (κ3) is 9.14. The summed E-state index contributed by atoms with van der Waals surface area (Å²) >= 11 is 6.12. The largest absolute Gasteiger partial charge is 0.479 e. The van der Waals surface area contributed by atoms with Gasteiger partial charge in [0, 0.05) is 18.2 Å². The van der Waals surface area contributed by atoms with Crippen LogP contribution >= 0.6 is 11.6 Å². The third-order valence-electron chi connectivity index (χ3n) is 6.25. The molecule has 0 aliphatic carbocycles. The molecule has 3 N–H and O–H groups in total. The summed E-state index contributed by atoms with van der Waals surface area (Å²) in [6.07, 6.45) is -12.4. The van der Waals surface area contributed by atoms with Crippen LogP contribution in [0.3, 0.4) is 0 Å². The molecule has 46 heavy (non-hydrogen) atoms. The van der Waals surface area contributed by atoms with Crippen LogP contribution in [0.25, 0.3) is 0 Å². The number of carbonyl (C=O) groups excluding carboxylic acids is 3. The van der Waals surface area contributed by atoms with E-state index in [0.29, 0.717) is 19.9 Å². The zero-order valence-corrected chi connectivity index (χ0v) is 24.5. The summed E-state index contributed by atoms with van der Waals surface area (Å²) in [4.78, 5) is 38.1. The molecule has 3 aromatic carbocycles. The van der Waals surface area contributed by atoms with Gasteiger partial charge < -0.3 is 20.7 Å². The number of nitrogens with one attached hydrogen (secondary N) is 3. The number of alkyl halides is 8. The van der Waals surface area contributed by atoms with Crippen molar-refractivity contribution in [3.05, 3.63) is 93.5 Å². The van der Waals surface area contributed by atoms with Crippen molar-refractivity contribution in [2.75, 3.05) is 11.9 Å². The van der Waals surface area contributed by atoms with Crippen LogP contribution in [0, 0.1) is 29.7 Å². The normalized spacial score (nSPS) is 11.7. The van der Waals surface area contributed by atoms with Gasteiger partial charge >= 0.3 is 12.4 Å². The highest BCUT2D eigenvalue weighted by Gasteiger charge is 2.52. The highest BCUT2D eigenvalue weighted by atomic mass is 35.5. The van der Waals surface area contributed by atoms with Gasteiger partial charge in [-0.25, -0.2) is 8.78 Å². The van der Waals surface area contributed by atoms with Gasteiger partial charge in [0.15, 0.2) is 5.75 Å². The van der Waals surface area contributed by atoms with Crippen LogP contribution in [-0.2, 0) is 24.1 Å². The highest BCUT2D eigenvalue weighted by molar-refractivity contribution is 6.34. The Balaban J connectivity index is 1.80. The van der Waals surface area contributed by atoms with Gasteiger partial charge in [0.1, 0.15) is 12.0 Å². The lowest BCUT2D eigenvalue weighted by molar-refractivity contribution is -0.211. The molecule has 0 fully saturated rings. The maximum Gasteiger partial charge on any atom is 0.417 e. The van der Waals surface area contributed by atoms with E-state index in [4.69, 9.17) is 16.3 Å². The van der Waals surface area contributed by atoms with E-state index in [-0.39, 0.29) is 27.4 Å². The van der Waals surface area contributed by atoms with E-state index in [0.717, 1.165) is 12.1 Å². The molecule has 0 unspecified atom stereocenters. The van der Waals surface area contributed by atoms with Crippen LogP contribution in [0.2, 0.25) is 5.02 Å². The molecule has 0 radical (unpaired) electrons. The van der Waals surface area contributed by atoms with Crippen LogP contribution in [-0.4, -0.2) is 36.9 Å². The van der Waals surface area contributed by atoms with Crippen molar-refractivity contribution in [2.45, 2.75) is 45.7 Å². The second kappa shape index (κ2) is 14.1. The van der Waals surface area contributed by atoms with Crippen LogP contribution in [0.15, 0.2) is 36.4 Å². The fourth-order valence-corrected chi connectivity index (χ4v) is 3.72. The molecule has 0 bridgehead atoms. The zero-order valence-electron chi connectivity index (χ0n) is 23.7. The lowest BCUT2D eigenvalue weighted by Gasteiger charge is -2.26. The molecular weight excluding hydrogens is 654 g/mol. The summed E-state index contributed by atoms with van der Waals surface area (Å²) in [5.74, 6) is -3.73. The molecule has 0 aliphatic heterocycles. The van der Waals surface area contributed by atoms with Gasteiger partial charge in [-0.1, -0.05) is 29.8 Å². The molecule has 3 aromatic rings. The third-order valence-corrected chi connectivity index (χ3v) is 6.58. The first-order chi connectivity index (χ1) is 21.3. The predicted molar refractivity (Wildman–Crippen MR) is 147 cm³/mol. The number of hydrogen-bond acceptors (Lipinski definition) is 4. The number of amides is 3. The molecule has 0 aliphatic rings. The number of benzene rings is 1. The van der Waals surface area contributed by atoms with Gasteiger partial charge in [0.05, 0.1) is 33.9 Å². The van der Waals surface area contributed by atoms with Crippen molar-refractivity contribution in [1.82, 2.24) is 10.6 Å². The average molecular weight is 676 g/mol. The molecule has 0 atom stereocenters. The van der Waals surface area contributed by atoms with Crippen LogP contribution in [0.4, 0.5) is 40.8 Å². The van der Waals surface area contributed by atoms with Crippen molar-refractivity contribution in [1.29, 1.82) is 0 Å². The van der Waals surface area contributed by atoms with Crippen molar-refractivity contribution in [2.24, 2.45) is 5.41 Å². The molecule has 0 saturated heterocycles. The number of ether oxygens (including phenoxy) is 1. The fraction of sp³-hybridized carbons (Fsp3) is 0.300. The second-order valence-electron chi connectivity index (χ2n) is 10.0. The summed E-state index contributed by atoms with van der Waals surface area (Å²) in [5.41, 5.74) is -4.51. The van der Waals surface area contributed by atoms with Crippen molar-refractivity contribution in [3.63, 3.8) is 0 Å². The van der Waals surface area contributed by atoms with Crippen LogP contribution in [0.1, 0.15) is 51.3 Å². The quantitative estimate of drug-likeness (QED) is 0.200. The van der Waals surface area contributed by atoms with Crippen molar-refractivity contribution in [3.8, 4) is 5.75 Å². The Kier molecular flexibility index (Phi) is 11.0. The Morgan fingerprint density at radius 1 is 0.891 bits per heavy atom. The molecule has 0 heterocycles. The van der Waals surface area contributed by atoms with Gasteiger partial charge in [-0.3, -0.25) is 14.4 Å². The van der Waals surface area contributed by atoms with E-state index in [1.165, 1.54) is 18.2 Å². The van der Waals surface area contributed by atoms with E-state index in [1.807, 2.05) is 0 Å². The number of hydrogen-bond donors (Lipinski definition) is 3. The first-order valence-electron chi connectivity index (χ1n) is 12.9. The Morgan fingerprint density at radius 2 is 1.59 bits per heavy atom. The van der Waals surface area contributed by atoms with Crippen molar-refractivity contribution >= 4 is 35.0 Å². The zero-order chi connectivity index (χ0) is 34.4. The van der Waals surface area contributed by atoms with Crippen LogP contribution < -0.4 is 20.7 Å². The van der Waals surface area contributed by atoms with Gasteiger partial charge in [0.2, 0.25) is 5.91 Å². The van der Waals surface area contributed by atoms with E-state index >= 15 is 0 Å². The number of halogens is 9. The predicted octanol–water partition coefficient (Wildman–Crippen LogP) is 6.59. The summed E-state index contributed by atoms with van der Waals surface area (Å²) in [6, 6.07) is 15.5. The van der Waals surface area contributed by atoms with Gasteiger partial charge in [-0.15, -0.1) is 0 Å². The molecule has 3 rings (SSSR count). The van der Waals surface area contributed by atoms with E-state index < -0.39 is 78.5 Å². The number of carbonyl (C=O) groups is 3. The molecule has 0 saturated carbocycles. The Morgan fingerprint density at radius 3 is 2.22 bits per heavy atom. The first-order valence-corrected chi connectivity index (χ1v) is 13.3. The average Bonchev–Trinajstić information content (AvgIpc) is 2.97. The topological polar surface area (TPSA) is 96.5 Å². The molecule has 0 spiro atoms. The minimum atomic E-state index is -4.82. The fourth-order valence-electron chi connectivity index (χ4n) is 3.51. The second-order valence-corrected chi connectivity index (χ2v) is 10.5. The summed E-state index contributed by atoms with van der Waals surface area (Å²) in [6.45, 7) is -0.607. The molecule has 7 nitrogen and oxygen atoms in total. The Bertz CT molecular complexity index is 1590. The monoisotopic (exact) mass is 675 g/mol. The standard InChI is InChI=1S/C30H22ClF8N3O4/c1-28(2,30(37,38)39)27(45)41-14-17-6-8-22(31)20(11-17)26(44)42-19-7-9-23(46-15-24(32)33)21(12-19)25(43)40-13-16-4-3-5-18(10-16)29(34,35)36/h5-6,8,10-12,24H,13-15H2,1-2H3,(H,40,43)(H,41,45)(H,42,44). The molecular formula is C30H22ClF8N3O4. The first kappa shape index (κ1) is 35.7. The maximum absolute atomic E-state index is 13.2. The smallest absolute Gasteiger partial charge is 0.417 e. The SMILES string of the molecule is CC(C)(C(=O)NCc1ccc(Cl)c(C(=O)Nc2c#cc(OCC(F)F)c(C(=O)NCc3c#ccc(C(F)(F)F)c3)c2)c1)C(F)(F)F. The molecule has 3 amide bonds. The van der Waals surface area contributed by atoms with Gasteiger partial charge in [-0.05, 0) is 55.8 Å². The van der Waals surface area contributed by atoms with Gasteiger partial charge in [0.25, 0.3) is 18.2 Å². The van der Waals surface area contributed by atoms with Crippen molar-refractivity contribution < 1.29 is 54.2 Å². The molecule has 244 valence electrons. The highest BCUT2D eigenvalue weighted by Crippen LogP contribution is 2.37. The minimum Gasteiger partial charge on any atom is -0.479 e. The number of anilines is 1. The van der Waals surface area contributed by atoms with E-state index in [2.05, 4.69) is 40.2 Å². The summed E-state index contributed by atoms with van der Waals surface area (Å²) < 4.78 is 109. The minimum absolute atomic E-state index is 0.101. The van der Waals surface area contributed by atoms with Crippen LogP contribution in [0.5, 0.6) is 5.75 Å². The number of rotatable bonds is 11. The Labute approximate surface area is 262 Å².